The standard InChI is InChI=1S/C17H21NO/c1-16(2)14-10-12-8-6-7-9-13(12)11-15(14)17(3,4)18(16)19-5/h6-11H,1-5H3. The number of rotatable bonds is 1. The van der Waals surface area contributed by atoms with E-state index in [1.807, 2.05) is 0 Å². The predicted octanol–water partition coefficient (Wildman–Crippen LogP) is 4.19. The van der Waals surface area contributed by atoms with E-state index in [4.69, 9.17) is 4.84 Å². The van der Waals surface area contributed by atoms with Crippen molar-refractivity contribution in [2.45, 2.75) is 38.8 Å². The van der Waals surface area contributed by atoms with Crippen LogP contribution in [0.4, 0.5) is 0 Å². The van der Waals surface area contributed by atoms with Crippen molar-refractivity contribution in [2.75, 3.05) is 7.11 Å². The maximum atomic E-state index is 5.68. The van der Waals surface area contributed by atoms with Gasteiger partial charge in [0.15, 0.2) is 0 Å². The fraction of sp³-hybridized carbons (Fsp3) is 0.412. The number of hydrogen-bond donors (Lipinski definition) is 0. The lowest BCUT2D eigenvalue weighted by Crippen LogP contribution is -2.44. The molecule has 1 heterocycles. The molecule has 1 aliphatic heterocycles. The molecule has 0 N–H and O–H groups in total. The van der Waals surface area contributed by atoms with Crippen LogP contribution < -0.4 is 0 Å². The van der Waals surface area contributed by atoms with Crippen molar-refractivity contribution in [3.05, 3.63) is 47.5 Å². The van der Waals surface area contributed by atoms with E-state index < -0.39 is 0 Å². The van der Waals surface area contributed by atoms with Gasteiger partial charge < -0.3 is 4.84 Å². The largest absolute Gasteiger partial charge is 0.301 e. The molecule has 0 spiro atoms. The molecular weight excluding hydrogens is 234 g/mol. The third kappa shape index (κ3) is 1.57. The van der Waals surface area contributed by atoms with E-state index in [-0.39, 0.29) is 11.1 Å². The Kier molecular flexibility index (Phi) is 2.54. The molecule has 2 nitrogen and oxygen atoms in total. The molecule has 19 heavy (non-hydrogen) atoms. The summed E-state index contributed by atoms with van der Waals surface area (Å²) in [4.78, 5) is 5.68. The summed E-state index contributed by atoms with van der Waals surface area (Å²) in [6.45, 7) is 8.88. The first-order valence-corrected chi connectivity index (χ1v) is 6.77. The molecule has 100 valence electrons. The first-order valence-electron chi connectivity index (χ1n) is 6.77. The van der Waals surface area contributed by atoms with E-state index in [0.717, 1.165) is 0 Å². The highest BCUT2D eigenvalue weighted by atomic mass is 16.7. The molecule has 2 heteroatoms. The average molecular weight is 255 g/mol. The summed E-state index contributed by atoms with van der Waals surface area (Å²) in [6.07, 6.45) is 0. The molecule has 0 aromatic heterocycles. The summed E-state index contributed by atoms with van der Waals surface area (Å²) in [5.41, 5.74) is 2.49. The van der Waals surface area contributed by atoms with Gasteiger partial charge in [-0.15, -0.1) is 0 Å². The minimum atomic E-state index is -0.113. The van der Waals surface area contributed by atoms with Crippen molar-refractivity contribution in [2.24, 2.45) is 0 Å². The Balaban J connectivity index is 2.35. The monoisotopic (exact) mass is 255 g/mol. The second-order valence-electron chi connectivity index (χ2n) is 6.34. The van der Waals surface area contributed by atoms with Crippen molar-refractivity contribution >= 4 is 10.8 Å². The van der Waals surface area contributed by atoms with Gasteiger partial charge in [-0.25, -0.2) is 0 Å². The molecule has 1 aliphatic rings. The second kappa shape index (κ2) is 3.81. The summed E-state index contributed by atoms with van der Waals surface area (Å²) in [6, 6.07) is 13.2. The van der Waals surface area contributed by atoms with Crippen LogP contribution in [0.5, 0.6) is 0 Å². The second-order valence-corrected chi connectivity index (χ2v) is 6.34. The third-order valence-corrected chi connectivity index (χ3v) is 4.40. The molecule has 0 atom stereocenters. The van der Waals surface area contributed by atoms with Crippen LogP contribution in [0.3, 0.4) is 0 Å². The highest BCUT2D eigenvalue weighted by Gasteiger charge is 2.49. The van der Waals surface area contributed by atoms with Crippen molar-refractivity contribution in [1.82, 2.24) is 5.06 Å². The van der Waals surface area contributed by atoms with E-state index in [1.54, 1.807) is 7.11 Å². The SMILES string of the molecule is CON1C(C)(C)c2cc3ccccc3cc2C1(C)C. The zero-order chi connectivity index (χ0) is 13.8. The van der Waals surface area contributed by atoms with Crippen molar-refractivity contribution in [1.29, 1.82) is 0 Å². The van der Waals surface area contributed by atoms with E-state index in [0.29, 0.717) is 0 Å². The first kappa shape index (κ1) is 12.6. The van der Waals surface area contributed by atoms with Crippen LogP contribution in [-0.4, -0.2) is 12.2 Å². The molecule has 0 saturated carbocycles. The first-order chi connectivity index (χ1) is 8.89. The molecule has 0 bridgehead atoms. The highest BCUT2D eigenvalue weighted by molar-refractivity contribution is 5.85. The van der Waals surface area contributed by atoms with Crippen molar-refractivity contribution < 1.29 is 4.84 Å². The predicted molar refractivity (Wildman–Crippen MR) is 78.8 cm³/mol. The van der Waals surface area contributed by atoms with Gasteiger partial charge in [0, 0.05) is 0 Å². The Labute approximate surface area is 114 Å². The van der Waals surface area contributed by atoms with Crippen LogP contribution in [0, 0.1) is 0 Å². The molecule has 0 saturated heterocycles. The third-order valence-electron chi connectivity index (χ3n) is 4.40. The number of nitrogens with zero attached hydrogens (tertiary/aromatic N) is 1. The Morgan fingerprint density at radius 3 is 1.63 bits per heavy atom. The molecule has 2 aromatic rings. The van der Waals surface area contributed by atoms with Crippen molar-refractivity contribution in [3.63, 3.8) is 0 Å². The Morgan fingerprint density at radius 2 is 1.26 bits per heavy atom. The van der Waals surface area contributed by atoms with Gasteiger partial charge in [-0.1, -0.05) is 24.3 Å². The van der Waals surface area contributed by atoms with E-state index in [2.05, 4.69) is 69.2 Å². The summed E-state index contributed by atoms with van der Waals surface area (Å²) in [7, 11) is 1.76. The minimum absolute atomic E-state index is 0.113. The van der Waals surface area contributed by atoms with Crippen LogP contribution in [-0.2, 0) is 15.9 Å². The zero-order valence-electron chi connectivity index (χ0n) is 12.3. The highest BCUT2D eigenvalue weighted by Crippen LogP contribution is 2.50. The number of hydroxylamine groups is 2. The molecule has 0 aliphatic carbocycles. The van der Waals surface area contributed by atoms with Gasteiger partial charge >= 0.3 is 0 Å². The molecule has 0 radical (unpaired) electrons. The van der Waals surface area contributed by atoms with Crippen molar-refractivity contribution in [3.8, 4) is 0 Å². The quantitative estimate of drug-likeness (QED) is 0.757. The molecule has 0 unspecified atom stereocenters. The topological polar surface area (TPSA) is 12.5 Å². The number of benzene rings is 2. The lowest BCUT2D eigenvalue weighted by atomic mass is 9.88. The Morgan fingerprint density at radius 1 is 0.842 bits per heavy atom. The summed E-state index contributed by atoms with van der Waals surface area (Å²) >= 11 is 0. The van der Waals surface area contributed by atoms with Crippen LogP contribution in [0.1, 0.15) is 38.8 Å². The molecule has 2 aromatic carbocycles. The Hall–Kier alpha value is -1.38. The zero-order valence-corrected chi connectivity index (χ0v) is 12.3. The number of hydrogen-bond acceptors (Lipinski definition) is 2. The van der Waals surface area contributed by atoms with Crippen LogP contribution in [0.15, 0.2) is 36.4 Å². The lowest BCUT2D eigenvalue weighted by molar-refractivity contribution is -0.241. The van der Waals surface area contributed by atoms with E-state index in [9.17, 15) is 0 Å². The number of fused-ring (bicyclic) bond motifs is 2. The van der Waals surface area contributed by atoms with E-state index >= 15 is 0 Å². The smallest absolute Gasteiger partial charge is 0.0668 e. The summed E-state index contributed by atoms with van der Waals surface area (Å²) < 4.78 is 0. The van der Waals surface area contributed by atoms with Crippen LogP contribution >= 0.6 is 0 Å². The minimum Gasteiger partial charge on any atom is -0.301 e. The van der Waals surface area contributed by atoms with Gasteiger partial charge in [-0.3, -0.25) is 0 Å². The van der Waals surface area contributed by atoms with Crippen LogP contribution in [0.25, 0.3) is 10.8 Å². The van der Waals surface area contributed by atoms with Gasteiger partial charge in [0.2, 0.25) is 0 Å². The fourth-order valence-electron chi connectivity index (χ4n) is 3.63. The summed E-state index contributed by atoms with van der Waals surface area (Å²) in [5, 5.41) is 4.69. The van der Waals surface area contributed by atoms with Gasteiger partial charge in [-0.05, 0) is 61.7 Å². The maximum Gasteiger partial charge on any atom is 0.0668 e. The average Bonchev–Trinajstić information content (AvgIpc) is 2.51. The summed E-state index contributed by atoms with van der Waals surface area (Å²) in [5.74, 6) is 0. The lowest BCUT2D eigenvalue weighted by Gasteiger charge is -2.38. The van der Waals surface area contributed by atoms with Gasteiger partial charge in [0.1, 0.15) is 0 Å². The van der Waals surface area contributed by atoms with Gasteiger partial charge in [0.05, 0.1) is 18.2 Å². The van der Waals surface area contributed by atoms with Gasteiger partial charge in [0.25, 0.3) is 0 Å². The molecule has 3 rings (SSSR count). The van der Waals surface area contributed by atoms with Gasteiger partial charge in [-0.2, -0.15) is 5.06 Å². The fourth-order valence-corrected chi connectivity index (χ4v) is 3.63. The molecule has 0 amide bonds. The van der Waals surface area contributed by atoms with E-state index in [1.165, 1.54) is 21.9 Å². The molecular formula is C17H21NO. The van der Waals surface area contributed by atoms with Crippen LogP contribution in [0.2, 0.25) is 0 Å². The molecule has 0 fully saturated rings. The maximum absolute atomic E-state index is 5.68. The normalized spacial score (nSPS) is 20.7. The Bertz CT molecular complexity index is 588.